The molecule has 0 aliphatic heterocycles. The van der Waals surface area contributed by atoms with Crippen LogP contribution in [0, 0.1) is 16.2 Å². The van der Waals surface area contributed by atoms with E-state index in [4.69, 9.17) is 0 Å². The first-order valence-electron chi connectivity index (χ1n) is 9.46. The lowest BCUT2D eigenvalue weighted by atomic mass is 9.86. The molecule has 4 rings (SSSR count). The normalized spacial score (nSPS) is 20.9. The van der Waals surface area contributed by atoms with Crippen molar-refractivity contribution >= 4 is 11.8 Å². The monoisotopic (exact) mass is 385 g/mol. The number of nitrogens with one attached hydrogen (secondary N) is 3. The smallest absolute Gasteiger partial charge is 0.272 e. The number of aromatic nitrogens is 4. The number of likely N-dealkylation sites (N-methyl/N-ethyl adjacent to an activating group) is 1. The van der Waals surface area contributed by atoms with Crippen LogP contribution < -0.4 is 15.1 Å². The molecule has 2 aromatic rings. The highest BCUT2D eigenvalue weighted by Gasteiger charge is 2.50. The molecule has 3 N–H and O–H groups in total. The van der Waals surface area contributed by atoms with Gasteiger partial charge < -0.3 is 15.6 Å². The second kappa shape index (κ2) is 6.29. The van der Waals surface area contributed by atoms with Crippen LogP contribution in [0.1, 0.15) is 54.9 Å². The Labute approximate surface area is 162 Å². The summed E-state index contributed by atoms with van der Waals surface area (Å²) in [6.45, 7) is 5.70. The maximum atomic E-state index is 13.1. The molecule has 2 aliphatic carbocycles. The lowest BCUT2D eigenvalue weighted by molar-refractivity contribution is -0.495. The van der Waals surface area contributed by atoms with Gasteiger partial charge in [0.05, 0.1) is 16.3 Å². The van der Waals surface area contributed by atoms with Crippen LogP contribution in [0.4, 0.5) is 0 Å². The van der Waals surface area contributed by atoms with Crippen LogP contribution in [-0.2, 0) is 11.2 Å². The number of nitrogens with zero attached hydrogens (tertiary/aromatic N) is 3. The predicted molar refractivity (Wildman–Crippen MR) is 101 cm³/mol. The fourth-order valence-corrected chi connectivity index (χ4v) is 4.01. The van der Waals surface area contributed by atoms with Crippen molar-refractivity contribution < 1.29 is 14.0 Å². The highest BCUT2D eigenvalue weighted by molar-refractivity contribution is 5.98. The molecule has 0 spiro atoms. The van der Waals surface area contributed by atoms with Gasteiger partial charge in [0.15, 0.2) is 5.69 Å². The van der Waals surface area contributed by atoms with E-state index in [1.54, 1.807) is 11.7 Å². The van der Waals surface area contributed by atoms with Crippen LogP contribution in [0.3, 0.4) is 0 Å². The predicted octanol–water partition coefficient (Wildman–Crippen LogP) is 0.665. The third kappa shape index (κ3) is 3.00. The molecule has 1 fully saturated rings. The zero-order valence-corrected chi connectivity index (χ0v) is 16.4. The maximum Gasteiger partial charge on any atom is 0.272 e. The number of H-pyrrole nitrogens is 1. The fraction of sp³-hybridized carbons (Fsp3) is 0.526. The molecule has 2 amide bonds. The standard InChI is InChI=1S/C19H24N6O3/c1-19(2,3)16(18(27)20-4)22-17(26)14-12-8-10-7-11(10)15(12)25(23-14)13-9-24(28)6-5-21-13/h5-6,9-11,16H,7-8H2,1-4H3,(H2-,20,21,22,26,27,28)/p+1/t10-,11-,16-/m1/s1. The average Bonchev–Trinajstić information content (AvgIpc) is 3.13. The van der Waals surface area contributed by atoms with Crippen molar-refractivity contribution in [1.29, 1.82) is 0 Å². The molecular weight excluding hydrogens is 360 g/mol. The van der Waals surface area contributed by atoms with Gasteiger partial charge in [0.2, 0.25) is 17.9 Å². The van der Waals surface area contributed by atoms with Crippen molar-refractivity contribution in [3.8, 4) is 5.82 Å². The molecule has 2 heterocycles. The van der Waals surface area contributed by atoms with E-state index in [9.17, 15) is 14.5 Å². The minimum atomic E-state index is -0.686. The summed E-state index contributed by atoms with van der Waals surface area (Å²) in [6.07, 6.45) is 6.17. The summed E-state index contributed by atoms with van der Waals surface area (Å²) in [4.78, 5) is 40.1. The summed E-state index contributed by atoms with van der Waals surface area (Å²) in [6, 6.07) is -0.686. The highest BCUT2D eigenvalue weighted by atomic mass is 16.3. The highest BCUT2D eigenvalue weighted by Crippen LogP contribution is 2.57. The minimum Gasteiger partial charge on any atom is -0.357 e. The Bertz CT molecular complexity index is 1020. The summed E-state index contributed by atoms with van der Waals surface area (Å²) in [7, 11) is 1.55. The van der Waals surface area contributed by atoms with Crippen molar-refractivity contribution in [3.05, 3.63) is 40.4 Å². The summed E-state index contributed by atoms with van der Waals surface area (Å²) in [5.74, 6) is 0.801. The second-order valence-electron chi connectivity index (χ2n) is 8.65. The van der Waals surface area contributed by atoms with E-state index in [-0.39, 0.29) is 11.8 Å². The van der Waals surface area contributed by atoms with Crippen LogP contribution in [0.25, 0.3) is 5.82 Å². The molecule has 0 aromatic carbocycles. The molecular formula is C19H25N6O3+. The molecule has 0 unspecified atom stereocenters. The number of fused-ring (bicyclic) bond motifs is 3. The maximum absolute atomic E-state index is 13.1. The molecule has 1 saturated carbocycles. The molecule has 0 radical (unpaired) electrons. The van der Waals surface area contributed by atoms with Crippen molar-refractivity contribution in [2.75, 3.05) is 7.05 Å². The number of amides is 2. The zero-order chi connectivity index (χ0) is 20.2. The van der Waals surface area contributed by atoms with E-state index in [2.05, 4.69) is 20.7 Å². The van der Waals surface area contributed by atoms with Gasteiger partial charge in [-0.15, -0.1) is 0 Å². The van der Waals surface area contributed by atoms with Crippen LogP contribution >= 0.6 is 0 Å². The van der Waals surface area contributed by atoms with E-state index in [0.717, 1.165) is 24.1 Å². The van der Waals surface area contributed by atoms with E-state index < -0.39 is 11.5 Å². The SMILES string of the molecule is CNC(=O)[C@@H](NC(=O)c1nn(-c2c[n+](=O)cc[nH]2)c2c1C[C@H]1C[C@@H]21)C(C)(C)C. The Kier molecular flexibility index (Phi) is 4.13. The first-order chi connectivity index (χ1) is 13.2. The van der Waals surface area contributed by atoms with Gasteiger partial charge in [-0.1, -0.05) is 20.8 Å². The third-order valence-corrected chi connectivity index (χ3v) is 5.56. The Balaban J connectivity index is 1.72. The van der Waals surface area contributed by atoms with Gasteiger partial charge in [0.25, 0.3) is 12.1 Å². The molecule has 0 saturated heterocycles. The Morgan fingerprint density at radius 2 is 2.14 bits per heavy atom. The van der Waals surface area contributed by atoms with Gasteiger partial charge in [-0.05, 0) is 24.2 Å². The molecule has 9 nitrogen and oxygen atoms in total. The number of aromatic amines is 1. The minimum absolute atomic E-state index is 0.247. The number of carbonyl (C=O) groups is 2. The third-order valence-electron chi connectivity index (χ3n) is 5.56. The first-order valence-corrected chi connectivity index (χ1v) is 9.46. The molecule has 148 valence electrons. The Morgan fingerprint density at radius 1 is 1.39 bits per heavy atom. The van der Waals surface area contributed by atoms with E-state index in [1.165, 1.54) is 18.6 Å². The Morgan fingerprint density at radius 3 is 2.79 bits per heavy atom. The van der Waals surface area contributed by atoms with Gasteiger partial charge in [-0.25, -0.2) is 4.68 Å². The van der Waals surface area contributed by atoms with Crippen LogP contribution in [0.2, 0.25) is 0 Å². The quantitative estimate of drug-likeness (QED) is 0.671. The van der Waals surface area contributed by atoms with Gasteiger partial charge in [-0.3, -0.25) is 9.59 Å². The van der Waals surface area contributed by atoms with Crippen LogP contribution in [0.15, 0.2) is 18.6 Å². The first kappa shape index (κ1) is 18.4. The van der Waals surface area contributed by atoms with Gasteiger partial charge in [-0.2, -0.15) is 5.10 Å². The number of hydrogen-bond acceptors (Lipinski definition) is 4. The van der Waals surface area contributed by atoms with Gasteiger partial charge in [0, 0.05) is 23.4 Å². The zero-order valence-electron chi connectivity index (χ0n) is 16.4. The van der Waals surface area contributed by atoms with Crippen molar-refractivity contribution in [2.24, 2.45) is 11.3 Å². The number of carbonyl (C=O) groups excluding carboxylic acids is 2. The van der Waals surface area contributed by atoms with Crippen LogP contribution in [0.5, 0.6) is 0 Å². The summed E-state index contributed by atoms with van der Waals surface area (Å²) >= 11 is 0. The molecule has 28 heavy (non-hydrogen) atoms. The lowest BCUT2D eigenvalue weighted by Gasteiger charge is -2.29. The van der Waals surface area contributed by atoms with Crippen molar-refractivity contribution in [1.82, 2.24) is 25.4 Å². The van der Waals surface area contributed by atoms with E-state index >= 15 is 0 Å². The fourth-order valence-electron chi connectivity index (χ4n) is 4.01. The van der Waals surface area contributed by atoms with Crippen LogP contribution in [-0.4, -0.2) is 39.7 Å². The second-order valence-corrected chi connectivity index (χ2v) is 8.65. The molecule has 0 bridgehead atoms. The number of rotatable bonds is 4. The summed E-state index contributed by atoms with van der Waals surface area (Å²) in [5.41, 5.74) is 1.78. The Hall–Kier alpha value is -2.97. The molecule has 3 atom stereocenters. The molecule has 9 heteroatoms. The molecule has 2 aliphatic rings. The van der Waals surface area contributed by atoms with Gasteiger partial charge in [0.1, 0.15) is 6.04 Å². The lowest BCUT2D eigenvalue weighted by Crippen LogP contribution is -2.53. The van der Waals surface area contributed by atoms with Crippen molar-refractivity contribution in [3.63, 3.8) is 0 Å². The average molecular weight is 385 g/mol. The van der Waals surface area contributed by atoms with E-state index in [1.807, 2.05) is 20.8 Å². The van der Waals surface area contributed by atoms with Crippen molar-refractivity contribution in [2.45, 2.75) is 45.6 Å². The summed E-state index contributed by atoms with van der Waals surface area (Å²) in [5, 5.41) is 10.00. The van der Waals surface area contributed by atoms with E-state index in [0.29, 0.717) is 27.8 Å². The largest absolute Gasteiger partial charge is 0.357 e. The van der Waals surface area contributed by atoms with Gasteiger partial charge >= 0.3 is 0 Å². The topological polar surface area (TPSA) is 115 Å². The summed E-state index contributed by atoms with van der Waals surface area (Å²) < 4.78 is 2.36. The molecule has 2 aromatic heterocycles. The number of hydrogen-bond donors (Lipinski definition) is 3.